The minimum Gasteiger partial charge on any atom is -0.319 e. The number of thiazole rings is 1. The third-order valence-corrected chi connectivity index (χ3v) is 2.94. The molecule has 5 heteroatoms. The Morgan fingerprint density at radius 3 is 2.60 bits per heavy atom. The lowest BCUT2D eigenvalue weighted by atomic mass is 9.87. The predicted octanol–water partition coefficient (Wildman–Crippen LogP) is 1.76. The summed E-state index contributed by atoms with van der Waals surface area (Å²) in [6.07, 6.45) is 0. The highest BCUT2D eigenvalue weighted by Gasteiger charge is 2.27. The Balaban J connectivity index is 2.64. The van der Waals surface area contributed by atoms with Crippen LogP contribution in [0, 0.1) is 12.3 Å². The van der Waals surface area contributed by atoms with Crippen LogP contribution in [0.4, 0.5) is 5.13 Å². The second kappa shape index (κ2) is 4.28. The first-order valence-electron chi connectivity index (χ1n) is 4.79. The van der Waals surface area contributed by atoms with Crippen LogP contribution < -0.4 is 11.1 Å². The average Bonchev–Trinajstić information content (AvgIpc) is 2.48. The zero-order valence-corrected chi connectivity index (χ0v) is 10.3. The van der Waals surface area contributed by atoms with Gasteiger partial charge in [-0.05, 0) is 12.3 Å². The number of nitrogens with zero attached hydrogens (tertiary/aromatic N) is 1. The van der Waals surface area contributed by atoms with Gasteiger partial charge in [-0.2, -0.15) is 0 Å². The van der Waals surface area contributed by atoms with Gasteiger partial charge in [-0.1, -0.05) is 20.8 Å². The topological polar surface area (TPSA) is 68.0 Å². The number of aryl methyl sites for hydroxylation is 1. The molecular weight excluding hydrogens is 210 g/mol. The van der Waals surface area contributed by atoms with Crippen LogP contribution in [0.25, 0.3) is 0 Å². The minimum atomic E-state index is -0.526. The van der Waals surface area contributed by atoms with E-state index in [1.165, 1.54) is 11.3 Å². The molecule has 0 aromatic carbocycles. The number of rotatable bonds is 2. The number of hydrogen-bond acceptors (Lipinski definition) is 4. The van der Waals surface area contributed by atoms with Crippen molar-refractivity contribution in [2.24, 2.45) is 11.1 Å². The van der Waals surface area contributed by atoms with Crippen molar-refractivity contribution < 1.29 is 4.79 Å². The van der Waals surface area contributed by atoms with Gasteiger partial charge in [0.15, 0.2) is 5.13 Å². The van der Waals surface area contributed by atoms with Crippen molar-refractivity contribution in [3.8, 4) is 0 Å². The van der Waals surface area contributed by atoms with Crippen LogP contribution in [0.15, 0.2) is 5.38 Å². The summed E-state index contributed by atoms with van der Waals surface area (Å²) in [6, 6.07) is -0.526. The molecule has 1 aromatic rings. The van der Waals surface area contributed by atoms with E-state index in [0.29, 0.717) is 5.13 Å². The summed E-state index contributed by atoms with van der Waals surface area (Å²) >= 11 is 1.41. The van der Waals surface area contributed by atoms with Crippen molar-refractivity contribution in [1.82, 2.24) is 4.98 Å². The van der Waals surface area contributed by atoms with Crippen LogP contribution in [0.3, 0.4) is 0 Å². The van der Waals surface area contributed by atoms with Crippen molar-refractivity contribution in [3.05, 3.63) is 11.1 Å². The van der Waals surface area contributed by atoms with Gasteiger partial charge in [0.05, 0.1) is 11.7 Å². The largest absolute Gasteiger partial charge is 0.319 e. The molecule has 1 atom stereocenters. The number of nitrogens with two attached hydrogens (primary N) is 1. The minimum absolute atomic E-state index is 0.183. The van der Waals surface area contributed by atoms with E-state index in [0.717, 1.165) is 5.69 Å². The van der Waals surface area contributed by atoms with Crippen molar-refractivity contribution in [2.45, 2.75) is 33.7 Å². The predicted molar refractivity (Wildman–Crippen MR) is 62.9 cm³/mol. The van der Waals surface area contributed by atoms with Crippen LogP contribution in [0.2, 0.25) is 0 Å². The zero-order valence-electron chi connectivity index (χ0n) is 9.50. The smallest absolute Gasteiger partial charge is 0.243 e. The van der Waals surface area contributed by atoms with Gasteiger partial charge in [0.25, 0.3) is 0 Å². The van der Waals surface area contributed by atoms with Crippen molar-refractivity contribution in [3.63, 3.8) is 0 Å². The first kappa shape index (κ1) is 12.1. The SMILES string of the molecule is Cc1csc(NC(=O)[C@H](N)C(C)(C)C)n1. The molecule has 0 saturated carbocycles. The van der Waals surface area contributed by atoms with Gasteiger partial charge in [-0.15, -0.1) is 11.3 Å². The van der Waals surface area contributed by atoms with E-state index in [1.807, 2.05) is 33.1 Å². The summed E-state index contributed by atoms with van der Waals surface area (Å²) in [5, 5.41) is 5.21. The third-order valence-electron chi connectivity index (χ3n) is 2.06. The number of amides is 1. The highest BCUT2D eigenvalue weighted by molar-refractivity contribution is 7.13. The molecule has 0 bridgehead atoms. The zero-order chi connectivity index (χ0) is 11.6. The van der Waals surface area contributed by atoms with Gasteiger partial charge in [0.1, 0.15) is 0 Å². The molecule has 1 heterocycles. The fourth-order valence-electron chi connectivity index (χ4n) is 0.988. The molecule has 0 aliphatic heterocycles. The first-order chi connectivity index (χ1) is 6.80. The lowest BCUT2D eigenvalue weighted by Gasteiger charge is -2.25. The molecule has 0 aliphatic carbocycles. The van der Waals surface area contributed by atoms with Crippen LogP contribution in [-0.4, -0.2) is 16.9 Å². The second-order valence-corrected chi connectivity index (χ2v) is 5.49. The number of carbonyl (C=O) groups is 1. The number of anilines is 1. The second-order valence-electron chi connectivity index (χ2n) is 4.63. The summed E-state index contributed by atoms with van der Waals surface area (Å²) in [6.45, 7) is 7.69. The van der Waals surface area contributed by atoms with Gasteiger partial charge in [0, 0.05) is 5.38 Å². The van der Waals surface area contributed by atoms with Gasteiger partial charge in [-0.25, -0.2) is 4.98 Å². The highest BCUT2D eigenvalue weighted by atomic mass is 32.1. The monoisotopic (exact) mass is 227 g/mol. The van der Waals surface area contributed by atoms with E-state index < -0.39 is 6.04 Å². The molecule has 0 spiro atoms. The molecule has 15 heavy (non-hydrogen) atoms. The Labute approximate surface area is 93.9 Å². The van der Waals surface area contributed by atoms with Crippen LogP contribution in [0.5, 0.6) is 0 Å². The highest BCUT2D eigenvalue weighted by Crippen LogP contribution is 2.20. The van der Waals surface area contributed by atoms with Gasteiger partial charge < -0.3 is 11.1 Å². The Morgan fingerprint density at radius 2 is 2.20 bits per heavy atom. The first-order valence-corrected chi connectivity index (χ1v) is 5.67. The molecule has 0 aliphatic rings. The lowest BCUT2D eigenvalue weighted by molar-refractivity contribution is -0.119. The van der Waals surface area contributed by atoms with Crippen molar-refractivity contribution in [2.75, 3.05) is 5.32 Å². The van der Waals surface area contributed by atoms with Crippen LogP contribution in [-0.2, 0) is 4.79 Å². The van der Waals surface area contributed by atoms with Gasteiger partial charge >= 0.3 is 0 Å². The maximum Gasteiger partial charge on any atom is 0.243 e. The van der Waals surface area contributed by atoms with E-state index in [4.69, 9.17) is 5.73 Å². The van der Waals surface area contributed by atoms with Gasteiger partial charge in [-0.3, -0.25) is 4.79 Å². The molecule has 84 valence electrons. The molecule has 0 radical (unpaired) electrons. The molecule has 0 unspecified atom stereocenters. The van der Waals surface area contributed by atoms with E-state index in [2.05, 4.69) is 10.3 Å². The van der Waals surface area contributed by atoms with E-state index >= 15 is 0 Å². The Bertz CT molecular complexity index is 354. The molecule has 0 saturated heterocycles. The Hall–Kier alpha value is -0.940. The van der Waals surface area contributed by atoms with Crippen LogP contribution >= 0.6 is 11.3 Å². The van der Waals surface area contributed by atoms with E-state index in [-0.39, 0.29) is 11.3 Å². The van der Waals surface area contributed by atoms with Crippen LogP contribution in [0.1, 0.15) is 26.5 Å². The number of aromatic nitrogens is 1. The Morgan fingerprint density at radius 1 is 1.60 bits per heavy atom. The summed E-state index contributed by atoms with van der Waals surface area (Å²) < 4.78 is 0. The molecular formula is C10H17N3OS. The number of nitrogens with one attached hydrogen (secondary N) is 1. The normalized spacial score (nSPS) is 13.7. The summed E-state index contributed by atoms with van der Waals surface area (Å²) in [7, 11) is 0. The van der Waals surface area contributed by atoms with Crippen molar-refractivity contribution in [1.29, 1.82) is 0 Å². The van der Waals surface area contributed by atoms with Gasteiger partial charge in [0.2, 0.25) is 5.91 Å². The maximum absolute atomic E-state index is 11.7. The molecule has 4 nitrogen and oxygen atoms in total. The van der Waals surface area contributed by atoms with Crippen molar-refractivity contribution >= 4 is 22.4 Å². The lowest BCUT2D eigenvalue weighted by Crippen LogP contribution is -2.45. The van der Waals surface area contributed by atoms with E-state index in [1.54, 1.807) is 0 Å². The molecule has 1 amide bonds. The summed E-state index contributed by atoms with van der Waals surface area (Å²) in [5.41, 5.74) is 6.48. The number of hydrogen-bond donors (Lipinski definition) is 2. The molecule has 0 fully saturated rings. The van der Waals surface area contributed by atoms with E-state index in [9.17, 15) is 4.79 Å². The summed E-state index contributed by atoms with van der Waals surface area (Å²) in [4.78, 5) is 15.8. The fraction of sp³-hybridized carbons (Fsp3) is 0.600. The molecule has 3 N–H and O–H groups in total. The fourth-order valence-corrected chi connectivity index (χ4v) is 1.68. The third kappa shape index (κ3) is 3.28. The quantitative estimate of drug-likeness (QED) is 0.809. The average molecular weight is 227 g/mol. The number of carbonyl (C=O) groups excluding carboxylic acids is 1. The molecule has 1 rings (SSSR count). The standard InChI is InChI=1S/C10H17N3OS/c1-6-5-15-9(12-6)13-8(14)7(11)10(2,3)4/h5,7H,11H2,1-4H3,(H,12,13,14)/t7-/m0/s1. The molecule has 1 aromatic heterocycles. The maximum atomic E-state index is 11.7. The summed E-state index contributed by atoms with van der Waals surface area (Å²) in [5.74, 6) is -0.183. The Kier molecular flexibility index (Phi) is 3.46.